The molecular weight excluding hydrogens is 594 g/mol. The van der Waals surface area contributed by atoms with E-state index >= 15 is 0 Å². The number of hydrogen-bond donors (Lipinski definition) is 0. The summed E-state index contributed by atoms with van der Waals surface area (Å²) in [5, 5.41) is 0. The van der Waals surface area contributed by atoms with Gasteiger partial charge in [-0.15, -0.1) is 0 Å². The van der Waals surface area contributed by atoms with Crippen LogP contribution < -0.4 is 0 Å². The third-order valence-electron chi connectivity index (χ3n) is 6.55. The summed E-state index contributed by atoms with van der Waals surface area (Å²) in [4.78, 5) is 70.0. The van der Waals surface area contributed by atoms with Gasteiger partial charge >= 0.3 is 23.9 Å². The topological polar surface area (TPSA) is 160 Å². The van der Waals surface area contributed by atoms with Crippen molar-refractivity contribution >= 4 is 23.9 Å². The summed E-state index contributed by atoms with van der Waals surface area (Å²) in [5.41, 5.74) is 3.03. The Labute approximate surface area is 265 Å². The van der Waals surface area contributed by atoms with E-state index in [1.165, 1.54) is 19.1 Å². The molecule has 238 valence electrons. The average molecular weight is 628 g/mol. The molecule has 0 aliphatic heterocycles. The van der Waals surface area contributed by atoms with Crippen LogP contribution in [0.2, 0.25) is 0 Å². The van der Waals surface area contributed by atoms with Crippen molar-refractivity contribution in [1.29, 1.82) is 0 Å². The molecule has 13 nitrogen and oxygen atoms in total. The summed E-state index contributed by atoms with van der Waals surface area (Å²) in [5.74, 6) is -2.76. The molecule has 13 heteroatoms. The highest BCUT2D eigenvalue weighted by Crippen LogP contribution is 2.21. The zero-order valence-electron chi connectivity index (χ0n) is 25.8. The monoisotopic (exact) mass is 627 g/mol. The van der Waals surface area contributed by atoms with Crippen LogP contribution in [0.4, 0.5) is 0 Å². The number of carbonyl (C=O) groups is 4. The summed E-state index contributed by atoms with van der Waals surface area (Å²) in [6.07, 6.45) is 0. The molecule has 4 heterocycles. The highest BCUT2D eigenvalue weighted by molar-refractivity contribution is 5.99. The van der Waals surface area contributed by atoms with Gasteiger partial charge in [-0.25, -0.2) is 39.1 Å². The maximum Gasteiger partial charge on any atom is 0.356 e. The Morgan fingerprint density at radius 3 is 1.33 bits per heavy atom. The van der Waals surface area contributed by atoms with E-state index in [0.29, 0.717) is 34.2 Å². The Kier molecular flexibility index (Phi) is 11.6. The Balaban J connectivity index is 1.68. The quantitative estimate of drug-likeness (QED) is 0.120. The molecule has 4 aromatic rings. The molecule has 4 rings (SSSR count). The molecule has 0 aliphatic carbocycles. The molecule has 0 N–H and O–H groups in total. The van der Waals surface area contributed by atoms with E-state index in [1.54, 1.807) is 86.6 Å². The number of rotatable bonds is 13. The molecule has 4 aromatic heterocycles. The number of ether oxygens (including phenoxy) is 4. The lowest BCUT2D eigenvalue weighted by Crippen LogP contribution is -2.47. The second-order valence-corrected chi connectivity index (χ2v) is 9.64. The number of pyridine rings is 4. The first-order valence-electron chi connectivity index (χ1n) is 14.4. The van der Waals surface area contributed by atoms with Gasteiger partial charge in [0.25, 0.3) is 0 Å². The van der Waals surface area contributed by atoms with Crippen LogP contribution in [0.25, 0.3) is 22.8 Å². The minimum atomic E-state index is -1.44. The fourth-order valence-electron chi connectivity index (χ4n) is 4.49. The molecular formula is C33H33N5O8. The summed E-state index contributed by atoms with van der Waals surface area (Å²) >= 11 is 0. The van der Waals surface area contributed by atoms with Crippen LogP contribution in [-0.4, -0.2) is 82.2 Å². The predicted molar refractivity (Wildman–Crippen MR) is 164 cm³/mol. The minimum Gasteiger partial charge on any atom is -0.467 e. The third kappa shape index (κ3) is 8.33. The van der Waals surface area contributed by atoms with Gasteiger partial charge in [-0.1, -0.05) is 24.3 Å². The highest BCUT2D eigenvalue weighted by atomic mass is 16.5. The van der Waals surface area contributed by atoms with E-state index in [1.807, 2.05) is 0 Å². The van der Waals surface area contributed by atoms with E-state index in [9.17, 15) is 19.2 Å². The van der Waals surface area contributed by atoms with E-state index < -0.39 is 29.9 Å². The smallest absolute Gasteiger partial charge is 0.356 e. The fraction of sp³-hybridized carbons (Fsp3) is 0.273. The Bertz CT molecular complexity index is 1590. The van der Waals surface area contributed by atoms with Crippen molar-refractivity contribution < 1.29 is 38.1 Å². The highest BCUT2D eigenvalue weighted by Gasteiger charge is 2.36. The number of esters is 4. The Morgan fingerprint density at radius 2 is 0.957 bits per heavy atom. The number of aromatic nitrogens is 4. The summed E-state index contributed by atoms with van der Waals surface area (Å²) in [6.45, 7) is 3.85. The summed E-state index contributed by atoms with van der Waals surface area (Å²) in [6, 6.07) is 18.8. The molecule has 46 heavy (non-hydrogen) atoms. The lowest BCUT2D eigenvalue weighted by atomic mass is 10.1. The SMILES string of the molecule is CCOC(=O)c1cccc(-c2cccc(CN(Cc3cccc(-c4cccc(C(=O)OCC)n4)n3)C(C(=O)OC)C(=O)OC)n2)n1. The zero-order valence-corrected chi connectivity index (χ0v) is 25.8. The van der Waals surface area contributed by atoms with Gasteiger partial charge in [0, 0.05) is 13.1 Å². The van der Waals surface area contributed by atoms with Gasteiger partial charge in [0.15, 0.2) is 0 Å². The zero-order chi connectivity index (χ0) is 33.1. The van der Waals surface area contributed by atoms with Gasteiger partial charge in [0.1, 0.15) is 11.4 Å². The molecule has 0 amide bonds. The van der Waals surface area contributed by atoms with Crippen LogP contribution in [0, 0.1) is 0 Å². The van der Waals surface area contributed by atoms with Crippen LogP contribution in [-0.2, 0) is 41.6 Å². The van der Waals surface area contributed by atoms with Crippen molar-refractivity contribution in [3.8, 4) is 22.8 Å². The molecule has 0 aromatic carbocycles. The van der Waals surface area contributed by atoms with Crippen molar-refractivity contribution in [2.24, 2.45) is 0 Å². The van der Waals surface area contributed by atoms with Crippen molar-refractivity contribution in [3.05, 3.63) is 95.6 Å². The number of carbonyl (C=O) groups excluding carboxylic acids is 4. The minimum absolute atomic E-state index is 0.00275. The van der Waals surface area contributed by atoms with E-state index in [0.717, 1.165) is 0 Å². The summed E-state index contributed by atoms with van der Waals surface area (Å²) in [7, 11) is 2.36. The first-order chi connectivity index (χ1) is 22.3. The van der Waals surface area contributed by atoms with Gasteiger partial charge in [0.05, 0.1) is 61.6 Å². The van der Waals surface area contributed by atoms with E-state index in [-0.39, 0.29) is 37.7 Å². The van der Waals surface area contributed by atoms with Gasteiger partial charge in [-0.3, -0.25) is 4.90 Å². The van der Waals surface area contributed by atoms with Crippen molar-refractivity contribution in [2.75, 3.05) is 27.4 Å². The molecule has 0 radical (unpaired) electrons. The molecule has 0 fully saturated rings. The molecule has 0 bridgehead atoms. The van der Waals surface area contributed by atoms with Crippen LogP contribution >= 0.6 is 0 Å². The number of methoxy groups -OCH3 is 2. The first kappa shape index (κ1) is 33.3. The maximum absolute atomic E-state index is 12.9. The lowest BCUT2D eigenvalue weighted by molar-refractivity contribution is -0.161. The van der Waals surface area contributed by atoms with Crippen molar-refractivity contribution in [3.63, 3.8) is 0 Å². The molecule has 0 spiro atoms. The summed E-state index contributed by atoms with van der Waals surface area (Å²) < 4.78 is 20.0. The fourth-order valence-corrected chi connectivity index (χ4v) is 4.49. The normalized spacial score (nSPS) is 10.8. The standard InChI is InChI=1S/C33H33N5O8/c1-5-45-30(39)27-17-9-15-25(36-27)23-13-7-11-21(34-23)19-38(29(32(41)43-3)33(42)44-4)20-22-12-8-14-24(35-22)26-16-10-18-28(37-26)31(40)46-6-2/h7-18,29H,5-6,19-20H2,1-4H3. The number of hydrogen-bond acceptors (Lipinski definition) is 13. The molecule has 0 saturated heterocycles. The van der Waals surface area contributed by atoms with Crippen LogP contribution in [0.3, 0.4) is 0 Å². The van der Waals surface area contributed by atoms with Crippen molar-refractivity contribution in [1.82, 2.24) is 24.8 Å². The average Bonchev–Trinajstić information content (AvgIpc) is 3.08. The molecule has 0 atom stereocenters. The van der Waals surface area contributed by atoms with Crippen LogP contribution in [0.15, 0.2) is 72.8 Å². The predicted octanol–water partition coefficient (Wildman–Crippen LogP) is 3.67. The van der Waals surface area contributed by atoms with Gasteiger partial charge in [-0.05, 0) is 62.4 Å². The molecule has 0 aliphatic rings. The Hall–Kier alpha value is -5.56. The van der Waals surface area contributed by atoms with Gasteiger partial charge < -0.3 is 18.9 Å². The third-order valence-corrected chi connectivity index (χ3v) is 6.55. The lowest BCUT2D eigenvalue weighted by Gasteiger charge is -2.27. The Morgan fingerprint density at radius 1 is 0.587 bits per heavy atom. The molecule has 0 saturated carbocycles. The van der Waals surface area contributed by atoms with Crippen LogP contribution in [0.5, 0.6) is 0 Å². The number of nitrogens with zero attached hydrogens (tertiary/aromatic N) is 5. The second kappa shape index (κ2) is 16.0. The van der Waals surface area contributed by atoms with Crippen LogP contribution in [0.1, 0.15) is 46.2 Å². The second-order valence-electron chi connectivity index (χ2n) is 9.64. The molecule has 0 unspecified atom stereocenters. The first-order valence-corrected chi connectivity index (χ1v) is 14.4. The van der Waals surface area contributed by atoms with E-state index in [2.05, 4.69) is 9.97 Å². The van der Waals surface area contributed by atoms with Crippen molar-refractivity contribution in [2.45, 2.75) is 33.0 Å². The largest absolute Gasteiger partial charge is 0.467 e. The van der Waals surface area contributed by atoms with Gasteiger partial charge in [0.2, 0.25) is 6.04 Å². The van der Waals surface area contributed by atoms with E-state index in [4.69, 9.17) is 28.9 Å². The van der Waals surface area contributed by atoms with Gasteiger partial charge in [-0.2, -0.15) is 0 Å². The maximum atomic E-state index is 12.9.